The average molecular weight is 409 g/mol. The van der Waals surface area contributed by atoms with Crippen molar-refractivity contribution < 1.29 is 14.3 Å². The second kappa shape index (κ2) is 9.90. The van der Waals surface area contributed by atoms with Gasteiger partial charge in [-0.15, -0.1) is 0 Å². The maximum atomic E-state index is 13.3. The van der Waals surface area contributed by atoms with Gasteiger partial charge in [0.15, 0.2) is 0 Å². The van der Waals surface area contributed by atoms with Gasteiger partial charge in [-0.2, -0.15) is 0 Å². The van der Waals surface area contributed by atoms with Crippen LogP contribution in [0.4, 0.5) is 0 Å². The van der Waals surface area contributed by atoms with Gasteiger partial charge in [0.2, 0.25) is 11.8 Å². The van der Waals surface area contributed by atoms with Crippen LogP contribution in [-0.2, 0) is 20.7 Å². The third-order valence-electron chi connectivity index (χ3n) is 5.68. The lowest BCUT2D eigenvalue weighted by Crippen LogP contribution is -2.56. The van der Waals surface area contributed by atoms with E-state index in [0.29, 0.717) is 19.5 Å². The van der Waals surface area contributed by atoms with Gasteiger partial charge >= 0.3 is 0 Å². The molecule has 0 bridgehead atoms. The van der Waals surface area contributed by atoms with Crippen LogP contribution in [0, 0.1) is 5.41 Å². The highest BCUT2D eigenvalue weighted by atomic mass is 16.5. The normalized spacial score (nSPS) is 19.0. The van der Waals surface area contributed by atoms with E-state index in [-0.39, 0.29) is 24.5 Å². The first kappa shape index (κ1) is 22.0. The van der Waals surface area contributed by atoms with E-state index < -0.39 is 5.41 Å². The summed E-state index contributed by atoms with van der Waals surface area (Å²) in [6.07, 6.45) is 2.17. The van der Waals surface area contributed by atoms with Crippen molar-refractivity contribution in [2.24, 2.45) is 5.41 Å². The topological polar surface area (TPSA) is 58.6 Å². The second-order valence-electron chi connectivity index (χ2n) is 8.50. The smallest absolute Gasteiger partial charge is 0.248 e. The molecule has 2 aromatic rings. The molecule has 1 N–H and O–H groups in total. The first-order chi connectivity index (χ1) is 14.4. The molecule has 1 aliphatic heterocycles. The van der Waals surface area contributed by atoms with Crippen molar-refractivity contribution >= 4 is 11.8 Å². The van der Waals surface area contributed by atoms with Gasteiger partial charge in [-0.3, -0.25) is 9.59 Å². The van der Waals surface area contributed by atoms with E-state index in [1.807, 2.05) is 38.1 Å². The van der Waals surface area contributed by atoms with Gasteiger partial charge in [0.25, 0.3) is 0 Å². The van der Waals surface area contributed by atoms with Crippen LogP contribution in [0.2, 0.25) is 0 Å². The van der Waals surface area contributed by atoms with Gasteiger partial charge in [0.05, 0.1) is 5.41 Å². The molecule has 1 saturated heterocycles. The van der Waals surface area contributed by atoms with Crippen molar-refractivity contribution in [2.45, 2.75) is 39.2 Å². The molecule has 5 nitrogen and oxygen atoms in total. The lowest BCUT2D eigenvalue weighted by molar-refractivity contribution is -0.144. The first-order valence-electron chi connectivity index (χ1n) is 10.7. The molecule has 0 spiro atoms. The molecular formula is C25H32N2O3. The number of carbonyl (C=O) groups is 2. The van der Waals surface area contributed by atoms with Crippen LogP contribution in [0.25, 0.3) is 11.1 Å². The lowest BCUT2D eigenvalue weighted by Gasteiger charge is -2.42. The van der Waals surface area contributed by atoms with E-state index >= 15 is 0 Å². The van der Waals surface area contributed by atoms with Crippen molar-refractivity contribution in [1.29, 1.82) is 0 Å². The van der Waals surface area contributed by atoms with Crippen LogP contribution in [0.15, 0.2) is 54.6 Å². The van der Waals surface area contributed by atoms with E-state index in [1.54, 1.807) is 4.90 Å². The largest absolute Gasteiger partial charge is 0.375 e. The molecule has 2 amide bonds. The van der Waals surface area contributed by atoms with Gasteiger partial charge in [-0.25, -0.2) is 0 Å². The zero-order valence-electron chi connectivity index (χ0n) is 18.2. The van der Waals surface area contributed by atoms with Crippen molar-refractivity contribution in [3.05, 3.63) is 60.2 Å². The maximum Gasteiger partial charge on any atom is 0.248 e. The number of nitrogens with zero attached hydrogens (tertiary/aromatic N) is 1. The molecule has 0 radical (unpaired) electrons. The molecular weight excluding hydrogens is 376 g/mol. The van der Waals surface area contributed by atoms with Gasteiger partial charge in [0, 0.05) is 26.2 Å². The summed E-state index contributed by atoms with van der Waals surface area (Å²) >= 11 is 0. The standard InChI is InChI=1S/C25H32N2O3/c1-19(2)26-24(29)25(13-8-14-27(18-25)23(28)17-30-3)16-20-9-7-12-22(15-20)21-10-5-4-6-11-21/h4-7,9-12,15,19H,8,13-14,16-18H2,1-3H3,(H,26,29)/t25-/m1/s1. The van der Waals surface area contributed by atoms with Gasteiger partial charge in [-0.05, 0) is 49.8 Å². The van der Waals surface area contributed by atoms with Crippen LogP contribution < -0.4 is 5.32 Å². The van der Waals surface area contributed by atoms with Crippen LogP contribution in [-0.4, -0.2) is 49.6 Å². The van der Waals surface area contributed by atoms with E-state index in [1.165, 1.54) is 7.11 Å². The highest BCUT2D eigenvalue weighted by Crippen LogP contribution is 2.35. The molecule has 1 aliphatic rings. The number of amides is 2. The van der Waals surface area contributed by atoms with Crippen LogP contribution >= 0.6 is 0 Å². The number of nitrogens with one attached hydrogen (secondary N) is 1. The Bertz CT molecular complexity index is 866. The molecule has 0 saturated carbocycles. The molecule has 0 aliphatic carbocycles. The Morgan fingerprint density at radius 2 is 1.83 bits per heavy atom. The average Bonchev–Trinajstić information content (AvgIpc) is 2.74. The Kier molecular flexibility index (Phi) is 7.27. The molecule has 0 aromatic heterocycles. The number of hydrogen-bond acceptors (Lipinski definition) is 3. The minimum atomic E-state index is -0.638. The summed E-state index contributed by atoms with van der Waals surface area (Å²) in [6.45, 7) is 5.08. The van der Waals surface area contributed by atoms with E-state index in [2.05, 4.69) is 35.6 Å². The third kappa shape index (κ3) is 5.28. The molecule has 0 unspecified atom stereocenters. The molecule has 2 aromatic carbocycles. The molecule has 3 rings (SSSR count). The fraction of sp³-hybridized carbons (Fsp3) is 0.440. The molecule has 1 fully saturated rings. The number of methoxy groups -OCH3 is 1. The summed E-state index contributed by atoms with van der Waals surface area (Å²) in [5.74, 6) is -0.0329. The Labute approximate surface area is 179 Å². The van der Waals surface area contributed by atoms with Gasteiger partial charge in [0.1, 0.15) is 6.61 Å². The van der Waals surface area contributed by atoms with Crippen molar-refractivity contribution in [2.75, 3.05) is 26.8 Å². The molecule has 1 atom stereocenters. The lowest BCUT2D eigenvalue weighted by atomic mass is 9.73. The highest BCUT2D eigenvalue weighted by molar-refractivity contribution is 5.85. The highest BCUT2D eigenvalue weighted by Gasteiger charge is 2.43. The van der Waals surface area contributed by atoms with E-state index in [4.69, 9.17) is 4.74 Å². The molecule has 1 heterocycles. The zero-order chi connectivity index (χ0) is 21.6. The summed E-state index contributed by atoms with van der Waals surface area (Å²) in [4.78, 5) is 27.6. The number of piperidine rings is 1. The SMILES string of the molecule is COCC(=O)N1CCC[C@](Cc2cccc(-c3ccccc3)c2)(C(=O)NC(C)C)C1. The number of ether oxygens (including phenoxy) is 1. The Balaban J connectivity index is 1.90. The van der Waals surface area contributed by atoms with E-state index in [0.717, 1.165) is 29.5 Å². The van der Waals surface area contributed by atoms with Crippen LogP contribution in [0.3, 0.4) is 0 Å². The minimum Gasteiger partial charge on any atom is -0.375 e. The number of likely N-dealkylation sites (tertiary alicyclic amines) is 1. The zero-order valence-corrected chi connectivity index (χ0v) is 18.2. The Morgan fingerprint density at radius 3 is 2.53 bits per heavy atom. The second-order valence-corrected chi connectivity index (χ2v) is 8.50. The Hall–Kier alpha value is -2.66. The summed E-state index contributed by atoms with van der Waals surface area (Å²) in [5, 5.41) is 3.10. The van der Waals surface area contributed by atoms with Crippen molar-refractivity contribution in [1.82, 2.24) is 10.2 Å². The number of rotatable bonds is 7. The fourth-order valence-electron chi connectivity index (χ4n) is 4.27. The van der Waals surface area contributed by atoms with Crippen molar-refractivity contribution in [3.8, 4) is 11.1 Å². The third-order valence-corrected chi connectivity index (χ3v) is 5.68. The fourth-order valence-corrected chi connectivity index (χ4v) is 4.27. The summed E-state index contributed by atoms with van der Waals surface area (Å²) in [7, 11) is 1.52. The molecule has 5 heteroatoms. The van der Waals surface area contributed by atoms with Gasteiger partial charge < -0.3 is 15.0 Å². The first-order valence-corrected chi connectivity index (χ1v) is 10.7. The quantitative estimate of drug-likeness (QED) is 0.760. The number of hydrogen-bond donors (Lipinski definition) is 1. The van der Waals surface area contributed by atoms with E-state index in [9.17, 15) is 9.59 Å². The monoisotopic (exact) mass is 408 g/mol. The summed E-state index contributed by atoms with van der Waals surface area (Å²) in [6, 6.07) is 18.7. The van der Waals surface area contributed by atoms with Gasteiger partial charge in [-0.1, -0.05) is 54.6 Å². The predicted octanol–water partition coefficient (Wildman–Crippen LogP) is 3.68. The Morgan fingerprint density at radius 1 is 1.10 bits per heavy atom. The maximum absolute atomic E-state index is 13.3. The number of carbonyl (C=O) groups excluding carboxylic acids is 2. The number of benzene rings is 2. The molecule has 160 valence electrons. The minimum absolute atomic E-state index is 0.0255. The molecule has 30 heavy (non-hydrogen) atoms. The van der Waals surface area contributed by atoms with Crippen LogP contribution in [0.1, 0.15) is 32.3 Å². The summed E-state index contributed by atoms with van der Waals surface area (Å²) in [5.41, 5.74) is 2.76. The predicted molar refractivity (Wildman–Crippen MR) is 119 cm³/mol. The van der Waals surface area contributed by atoms with Crippen molar-refractivity contribution in [3.63, 3.8) is 0 Å². The summed E-state index contributed by atoms with van der Waals surface area (Å²) < 4.78 is 5.04. The van der Waals surface area contributed by atoms with Crippen LogP contribution in [0.5, 0.6) is 0 Å².